The van der Waals surface area contributed by atoms with Gasteiger partial charge in [-0.1, -0.05) is 0 Å². The zero-order valence-electron chi connectivity index (χ0n) is 12.8. The van der Waals surface area contributed by atoms with Crippen LogP contribution in [0, 0.1) is 23.7 Å². The van der Waals surface area contributed by atoms with Crippen LogP contribution in [0.4, 0.5) is 0 Å². The van der Waals surface area contributed by atoms with Gasteiger partial charge in [0.25, 0.3) is 0 Å². The summed E-state index contributed by atoms with van der Waals surface area (Å²) in [4.78, 5) is 20.5. The molecule has 0 heterocycles. The zero-order valence-corrected chi connectivity index (χ0v) is 12.8. The highest BCUT2D eigenvalue weighted by atomic mass is 16.2. The molecule has 0 radical (unpaired) electrons. The van der Waals surface area contributed by atoms with Crippen LogP contribution in [0.15, 0.2) is 0 Å². The van der Waals surface area contributed by atoms with Gasteiger partial charge in [0.15, 0.2) is 0 Å². The first kappa shape index (κ1) is 15.3. The van der Waals surface area contributed by atoms with Crippen LogP contribution in [0.2, 0.25) is 0 Å². The summed E-state index contributed by atoms with van der Waals surface area (Å²) >= 11 is 0. The Morgan fingerprint density at radius 3 is 1.15 bits per heavy atom. The van der Waals surface area contributed by atoms with Crippen molar-refractivity contribution in [3.8, 4) is 0 Å². The van der Waals surface area contributed by atoms with Crippen molar-refractivity contribution in [3.63, 3.8) is 0 Å². The normalized spacial score (nSPS) is 33.1. The zero-order chi connectivity index (χ0) is 14.5. The van der Waals surface area contributed by atoms with E-state index in [4.69, 9.17) is 0 Å². The minimum absolute atomic E-state index is 0.0784. The first-order chi connectivity index (χ1) is 9.52. The molecule has 4 rings (SSSR count). The summed E-state index contributed by atoms with van der Waals surface area (Å²) in [5, 5.41) is 5.09. The summed E-state index contributed by atoms with van der Waals surface area (Å²) in [5.74, 6) is 4.55. The molecule has 114 valence electrons. The van der Waals surface area contributed by atoms with Gasteiger partial charge in [0.1, 0.15) is 0 Å². The van der Waals surface area contributed by atoms with Crippen LogP contribution in [-0.4, -0.2) is 24.9 Å². The number of hydrogen-bond acceptors (Lipinski definition) is 2. The largest absolute Gasteiger partial charge is 0.355 e. The fraction of sp³-hybridized carbons (Fsp3) is 0.875. The minimum Gasteiger partial charge on any atom is -0.355 e. The van der Waals surface area contributed by atoms with E-state index in [1.54, 1.807) is 38.5 Å². The summed E-state index contributed by atoms with van der Waals surface area (Å²) in [6.45, 7) is 3.87. The Morgan fingerprint density at radius 1 is 0.700 bits per heavy atom. The van der Waals surface area contributed by atoms with E-state index in [0.29, 0.717) is 13.1 Å². The standard InChI is InChI=1S/C10H16.C6H12N2O2/c1-7-2-9-4-8(1)5-10(3-7)6-9;1-5(9)7-3-4-8-6(2)10/h7-10H,1-6H2;3-4H2,1-2H3,(H,7,9)(H,8,10). The molecule has 4 heteroatoms. The van der Waals surface area contributed by atoms with Crippen LogP contribution in [0.5, 0.6) is 0 Å². The molecule has 0 spiro atoms. The SMILES string of the molecule is C1C2CC3CC1CC(C2)C3.CC(=O)NCCNC(C)=O. The van der Waals surface area contributed by atoms with E-state index < -0.39 is 0 Å². The maximum atomic E-state index is 10.3. The monoisotopic (exact) mass is 280 g/mol. The lowest BCUT2D eigenvalue weighted by Crippen LogP contribution is -2.38. The van der Waals surface area contributed by atoms with E-state index >= 15 is 0 Å². The van der Waals surface area contributed by atoms with Crippen LogP contribution in [0.1, 0.15) is 52.4 Å². The first-order valence-corrected chi connectivity index (χ1v) is 8.01. The van der Waals surface area contributed by atoms with Crippen molar-refractivity contribution in [1.29, 1.82) is 0 Å². The van der Waals surface area contributed by atoms with E-state index in [9.17, 15) is 9.59 Å². The van der Waals surface area contributed by atoms with Gasteiger partial charge >= 0.3 is 0 Å². The van der Waals surface area contributed by atoms with Gasteiger partial charge in [-0.3, -0.25) is 9.59 Å². The molecule has 0 aromatic heterocycles. The molecule has 4 nitrogen and oxygen atoms in total. The predicted octanol–water partition coefficient (Wildman–Crippen LogP) is 2.09. The molecule has 0 saturated heterocycles. The lowest BCUT2D eigenvalue weighted by molar-refractivity contribution is -0.120. The molecule has 0 aliphatic heterocycles. The minimum atomic E-state index is -0.0784. The highest BCUT2D eigenvalue weighted by molar-refractivity contribution is 5.74. The van der Waals surface area contributed by atoms with Crippen LogP contribution in [0.25, 0.3) is 0 Å². The van der Waals surface area contributed by atoms with E-state index in [0.717, 1.165) is 0 Å². The molecule has 4 fully saturated rings. The molecule has 0 aromatic carbocycles. The van der Waals surface area contributed by atoms with Crippen molar-refractivity contribution < 1.29 is 9.59 Å². The van der Waals surface area contributed by atoms with Gasteiger partial charge in [0.05, 0.1) is 0 Å². The number of amides is 2. The summed E-state index contributed by atoms with van der Waals surface area (Å²) in [7, 11) is 0. The lowest BCUT2D eigenvalue weighted by atomic mass is 9.56. The average Bonchev–Trinajstić information content (AvgIpc) is 2.33. The highest BCUT2D eigenvalue weighted by Crippen LogP contribution is 2.53. The maximum absolute atomic E-state index is 10.3. The molecule has 20 heavy (non-hydrogen) atoms. The highest BCUT2D eigenvalue weighted by Gasteiger charge is 2.41. The van der Waals surface area contributed by atoms with Gasteiger partial charge in [0.2, 0.25) is 11.8 Å². The van der Waals surface area contributed by atoms with Gasteiger partial charge in [-0.2, -0.15) is 0 Å². The van der Waals surface area contributed by atoms with Crippen LogP contribution < -0.4 is 10.6 Å². The van der Waals surface area contributed by atoms with Gasteiger partial charge < -0.3 is 10.6 Å². The second-order valence-electron chi connectivity index (χ2n) is 6.84. The van der Waals surface area contributed by atoms with Crippen molar-refractivity contribution in [2.24, 2.45) is 23.7 Å². The average molecular weight is 280 g/mol. The van der Waals surface area contributed by atoms with Crippen molar-refractivity contribution >= 4 is 11.8 Å². The quantitative estimate of drug-likeness (QED) is 0.778. The molecular formula is C16H28N2O2. The number of carbonyl (C=O) groups is 2. The van der Waals surface area contributed by atoms with Crippen molar-refractivity contribution in [2.75, 3.05) is 13.1 Å². The third-order valence-corrected chi connectivity index (χ3v) is 4.87. The summed E-state index contributed by atoms with van der Waals surface area (Å²) in [6, 6.07) is 0. The molecular weight excluding hydrogens is 252 g/mol. The first-order valence-electron chi connectivity index (χ1n) is 8.01. The van der Waals surface area contributed by atoms with E-state index in [-0.39, 0.29) is 11.8 Å². The second-order valence-corrected chi connectivity index (χ2v) is 6.84. The third kappa shape index (κ3) is 4.80. The Hall–Kier alpha value is -1.06. The summed E-state index contributed by atoms with van der Waals surface area (Å²) in [6.07, 6.45) is 9.62. The third-order valence-electron chi connectivity index (χ3n) is 4.87. The Morgan fingerprint density at radius 2 is 0.950 bits per heavy atom. The Bertz CT molecular complexity index is 282. The number of hydrogen-bond donors (Lipinski definition) is 2. The number of rotatable bonds is 3. The van der Waals surface area contributed by atoms with Crippen molar-refractivity contribution in [3.05, 3.63) is 0 Å². The smallest absolute Gasteiger partial charge is 0.216 e. The Balaban J connectivity index is 0.000000147. The van der Waals surface area contributed by atoms with Crippen LogP contribution >= 0.6 is 0 Å². The predicted molar refractivity (Wildman–Crippen MR) is 79.0 cm³/mol. The molecule has 0 unspecified atom stereocenters. The van der Waals surface area contributed by atoms with Gasteiger partial charge in [0, 0.05) is 26.9 Å². The molecule has 2 N–H and O–H groups in total. The van der Waals surface area contributed by atoms with Crippen LogP contribution in [0.3, 0.4) is 0 Å². The summed E-state index contributed by atoms with van der Waals surface area (Å²) < 4.78 is 0. The molecule has 0 aromatic rings. The van der Waals surface area contributed by atoms with Crippen molar-refractivity contribution in [2.45, 2.75) is 52.4 Å². The fourth-order valence-electron chi connectivity index (χ4n) is 4.46. The molecule has 4 aliphatic carbocycles. The molecule has 4 aliphatic rings. The lowest BCUT2D eigenvalue weighted by Gasteiger charge is -2.49. The molecule has 2 amide bonds. The fourth-order valence-corrected chi connectivity index (χ4v) is 4.46. The molecule has 0 atom stereocenters. The topological polar surface area (TPSA) is 58.2 Å². The summed E-state index contributed by atoms with van der Waals surface area (Å²) in [5.41, 5.74) is 0. The van der Waals surface area contributed by atoms with Gasteiger partial charge in [-0.05, 0) is 62.2 Å². The van der Waals surface area contributed by atoms with E-state index in [2.05, 4.69) is 10.6 Å². The van der Waals surface area contributed by atoms with Gasteiger partial charge in [-0.15, -0.1) is 0 Å². The molecule has 4 saturated carbocycles. The van der Waals surface area contributed by atoms with Gasteiger partial charge in [-0.25, -0.2) is 0 Å². The van der Waals surface area contributed by atoms with E-state index in [1.165, 1.54) is 37.5 Å². The number of nitrogens with one attached hydrogen (secondary N) is 2. The Labute approximate surface area is 122 Å². The Kier molecular flexibility index (Phi) is 5.44. The molecule has 4 bridgehead atoms. The maximum Gasteiger partial charge on any atom is 0.216 e. The van der Waals surface area contributed by atoms with Crippen LogP contribution in [-0.2, 0) is 9.59 Å². The second kappa shape index (κ2) is 7.09. The number of carbonyl (C=O) groups excluding carboxylic acids is 2. The van der Waals surface area contributed by atoms with E-state index in [1.807, 2.05) is 0 Å². The van der Waals surface area contributed by atoms with Crippen molar-refractivity contribution in [1.82, 2.24) is 10.6 Å².